The third-order valence-electron chi connectivity index (χ3n) is 3.05. The van der Waals surface area contributed by atoms with Gasteiger partial charge in [0.05, 0.1) is 6.54 Å². The van der Waals surface area contributed by atoms with Crippen LogP contribution < -0.4 is 5.73 Å². The maximum absolute atomic E-state index is 13.4. The van der Waals surface area contributed by atoms with Crippen LogP contribution in [0.1, 0.15) is 24.5 Å². The van der Waals surface area contributed by atoms with E-state index in [-0.39, 0.29) is 35.7 Å². The van der Waals surface area contributed by atoms with Gasteiger partial charge in [0.15, 0.2) is 0 Å². The van der Waals surface area contributed by atoms with E-state index in [9.17, 15) is 14.0 Å². The zero-order valence-corrected chi connectivity index (χ0v) is 11.2. The van der Waals surface area contributed by atoms with Gasteiger partial charge in [-0.15, -0.1) is 0 Å². The molecule has 1 aromatic carbocycles. The molecular weight excluding hydrogens is 267 g/mol. The van der Waals surface area contributed by atoms with E-state index in [0.717, 1.165) is 4.90 Å². The first-order valence-corrected chi connectivity index (χ1v) is 6.23. The molecule has 1 heterocycles. The Bertz CT molecular complexity index is 574. The second kappa shape index (κ2) is 5.05. The van der Waals surface area contributed by atoms with E-state index >= 15 is 0 Å². The molecular formula is C13H13FN2O2S. The highest BCUT2D eigenvalue weighted by Crippen LogP contribution is 2.22. The predicted molar refractivity (Wildman–Crippen MR) is 71.6 cm³/mol. The second-order valence-corrected chi connectivity index (χ2v) is 5.08. The summed E-state index contributed by atoms with van der Waals surface area (Å²) in [6.07, 6.45) is 0.205. The lowest BCUT2D eigenvalue weighted by Gasteiger charge is -2.15. The third kappa shape index (κ3) is 2.78. The lowest BCUT2D eigenvalue weighted by atomic mass is 10.1. The van der Waals surface area contributed by atoms with Crippen molar-refractivity contribution >= 4 is 29.0 Å². The molecule has 100 valence electrons. The van der Waals surface area contributed by atoms with Gasteiger partial charge in [-0.1, -0.05) is 19.1 Å². The number of thiocarbonyl (C=S) groups is 1. The van der Waals surface area contributed by atoms with Crippen LogP contribution in [0.4, 0.5) is 4.39 Å². The maximum atomic E-state index is 13.4. The molecule has 0 aromatic heterocycles. The smallest absolute Gasteiger partial charge is 0.232 e. The van der Waals surface area contributed by atoms with E-state index in [0.29, 0.717) is 11.1 Å². The molecule has 0 bridgehead atoms. The number of carbonyl (C=O) groups excluding carboxylic acids is 2. The quantitative estimate of drug-likeness (QED) is 0.670. The van der Waals surface area contributed by atoms with Gasteiger partial charge in [0.2, 0.25) is 11.8 Å². The van der Waals surface area contributed by atoms with E-state index in [4.69, 9.17) is 18.0 Å². The van der Waals surface area contributed by atoms with Gasteiger partial charge >= 0.3 is 0 Å². The SMILES string of the molecule is CC1CC(=O)N(Cc2cc(F)cc(C(N)=S)c2)C1=O. The molecule has 0 saturated carbocycles. The topological polar surface area (TPSA) is 63.4 Å². The molecule has 1 atom stereocenters. The number of hydrogen-bond donors (Lipinski definition) is 1. The van der Waals surface area contributed by atoms with Gasteiger partial charge in [0.25, 0.3) is 0 Å². The van der Waals surface area contributed by atoms with Crippen LogP contribution in [-0.2, 0) is 16.1 Å². The number of halogens is 1. The minimum absolute atomic E-state index is 0.0510. The van der Waals surface area contributed by atoms with E-state index in [1.54, 1.807) is 13.0 Å². The lowest BCUT2D eigenvalue weighted by Crippen LogP contribution is -2.29. The van der Waals surface area contributed by atoms with Crippen LogP contribution in [0, 0.1) is 11.7 Å². The van der Waals surface area contributed by atoms with Crippen molar-refractivity contribution in [2.45, 2.75) is 19.9 Å². The van der Waals surface area contributed by atoms with Crippen LogP contribution in [0.25, 0.3) is 0 Å². The Hall–Kier alpha value is -1.82. The highest BCUT2D eigenvalue weighted by molar-refractivity contribution is 7.80. The summed E-state index contributed by atoms with van der Waals surface area (Å²) in [6, 6.07) is 4.09. The number of amides is 2. The molecule has 2 N–H and O–H groups in total. The summed E-state index contributed by atoms with van der Waals surface area (Å²) >= 11 is 4.79. The number of hydrogen-bond acceptors (Lipinski definition) is 3. The van der Waals surface area contributed by atoms with E-state index in [1.165, 1.54) is 12.1 Å². The van der Waals surface area contributed by atoms with Gasteiger partial charge in [-0.2, -0.15) is 0 Å². The zero-order valence-electron chi connectivity index (χ0n) is 10.4. The molecule has 19 heavy (non-hydrogen) atoms. The van der Waals surface area contributed by atoms with Crippen LogP contribution in [0.2, 0.25) is 0 Å². The Morgan fingerprint density at radius 3 is 2.68 bits per heavy atom. The molecule has 0 aliphatic carbocycles. The molecule has 1 unspecified atom stereocenters. The van der Waals surface area contributed by atoms with Gasteiger partial charge in [0.1, 0.15) is 10.8 Å². The van der Waals surface area contributed by atoms with Crippen molar-refractivity contribution in [3.63, 3.8) is 0 Å². The fourth-order valence-corrected chi connectivity index (χ4v) is 2.20. The molecule has 4 nitrogen and oxygen atoms in total. The summed E-state index contributed by atoms with van der Waals surface area (Å²) in [6.45, 7) is 1.75. The Kier molecular flexibility index (Phi) is 3.61. The third-order valence-corrected chi connectivity index (χ3v) is 3.29. The Labute approximate surface area is 115 Å². The van der Waals surface area contributed by atoms with Gasteiger partial charge in [0, 0.05) is 17.9 Å². The van der Waals surface area contributed by atoms with Gasteiger partial charge < -0.3 is 5.73 Å². The van der Waals surface area contributed by atoms with Crippen molar-refractivity contribution in [1.29, 1.82) is 0 Å². The van der Waals surface area contributed by atoms with Gasteiger partial charge in [-0.25, -0.2) is 4.39 Å². The molecule has 1 aliphatic heterocycles. The van der Waals surface area contributed by atoms with Crippen LogP contribution >= 0.6 is 12.2 Å². The van der Waals surface area contributed by atoms with Crippen molar-refractivity contribution < 1.29 is 14.0 Å². The van der Waals surface area contributed by atoms with Crippen molar-refractivity contribution in [2.24, 2.45) is 11.7 Å². The maximum Gasteiger partial charge on any atom is 0.232 e. The zero-order chi connectivity index (χ0) is 14.2. The minimum Gasteiger partial charge on any atom is -0.389 e. The average Bonchev–Trinajstić information content (AvgIpc) is 2.55. The Balaban J connectivity index is 2.26. The Morgan fingerprint density at radius 2 is 2.16 bits per heavy atom. The summed E-state index contributed by atoms with van der Waals surface area (Å²) in [5.74, 6) is -1.27. The number of imide groups is 1. The second-order valence-electron chi connectivity index (χ2n) is 4.64. The summed E-state index contributed by atoms with van der Waals surface area (Å²) in [5.41, 5.74) is 6.34. The van der Waals surface area contributed by atoms with Crippen molar-refractivity contribution in [1.82, 2.24) is 4.90 Å². The standard InChI is InChI=1S/C13H13FN2O2S/c1-7-2-11(17)16(13(7)18)6-8-3-9(12(15)19)5-10(14)4-8/h3-5,7H,2,6H2,1H3,(H2,15,19). The molecule has 2 amide bonds. The summed E-state index contributed by atoms with van der Waals surface area (Å²) in [4.78, 5) is 24.7. The average molecular weight is 280 g/mol. The highest BCUT2D eigenvalue weighted by atomic mass is 32.1. The predicted octanol–water partition coefficient (Wildman–Crippen LogP) is 1.35. The molecule has 1 aliphatic rings. The fraction of sp³-hybridized carbons (Fsp3) is 0.308. The van der Waals surface area contributed by atoms with E-state index in [2.05, 4.69) is 0 Å². The van der Waals surface area contributed by atoms with E-state index in [1.807, 2.05) is 0 Å². The van der Waals surface area contributed by atoms with Crippen LogP contribution in [0.3, 0.4) is 0 Å². The largest absolute Gasteiger partial charge is 0.389 e. The molecule has 0 radical (unpaired) electrons. The first kappa shape index (κ1) is 13.6. The molecule has 1 fully saturated rings. The molecule has 0 spiro atoms. The van der Waals surface area contributed by atoms with E-state index < -0.39 is 5.82 Å². The van der Waals surface area contributed by atoms with Crippen molar-refractivity contribution in [2.75, 3.05) is 0 Å². The Morgan fingerprint density at radius 1 is 1.47 bits per heavy atom. The number of likely N-dealkylation sites (tertiary alicyclic amines) is 1. The summed E-state index contributed by atoms with van der Waals surface area (Å²) in [5, 5.41) is 0. The minimum atomic E-state index is -0.493. The molecule has 1 aromatic rings. The number of nitrogens with zero attached hydrogens (tertiary/aromatic N) is 1. The lowest BCUT2D eigenvalue weighted by molar-refractivity contribution is -0.139. The van der Waals surface area contributed by atoms with Crippen LogP contribution in [-0.4, -0.2) is 21.7 Å². The van der Waals surface area contributed by atoms with Crippen molar-refractivity contribution in [3.8, 4) is 0 Å². The summed E-state index contributed by atoms with van der Waals surface area (Å²) in [7, 11) is 0. The van der Waals surface area contributed by atoms with Crippen LogP contribution in [0.15, 0.2) is 18.2 Å². The first-order chi connectivity index (χ1) is 8.88. The molecule has 1 saturated heterocycles. The van der Waals surface area contributed by atoms with Gasteiger partial charge in [-0.3, -0.25) is 14.5 Å². The number of carbonyl (C=O) groups is 2. The number of rotatable bonds is 3. The summed E-state index contributed by atoms with van der Waals surface area (Å²) < 4.78 is 13.4. The fourth-order valence-electron chi connectivity index (χ4n) is 2.08. The molecule has 6 heteroatoms. The van der Waals surface area contributed by atoms with Crippen LogP contribution in [0.5, 0.6) is 0 Å². The molecule has 2 rings (SSSR count). The normalized spacial score (nSPS) is 19.1. The first-order valence-electron chi connectivity index (χ1n) is 5.82. The van der Waals surface area contributed by atoms with Gasteiger partial charge in [-0.05, 0) is 23.8 Å². The number of nitrogens with two attached hydrogens (primary N) is 1. The highest BCUT2D eigenvalue weighted by Gasteiger charge is 2.35. The number of benzene rings is 1. The van der Waals surface area contributed by atoms with Crippen molar-refractivity contribution in [3.05, 3.63) is 35.1 Å². The monoisotopic (exact) mass is 280 g/mol.